The Kier molecular flexibility index (Phi) is 5.40. The number of hydrogen-bond acceptors (Lipinski definition) is 5. The molecule has 1 aromatic heterocycles. The number of methoxy groups -OCH3 is 2. The third kappa shape index (κ3) is 4.08. The van der Waals surface area contributed by atoms with Gasteiger partial charge in [-0.15, -0.1) is 0 Å². The molecule has 0 unspecified atom stereocenters. The van der Waals surface area contributed by atoms with Gasteiger partial charge in [-0.3, -0.25) is 9.48 Å². The van der Waals surface area contributed by atoms with Gasteiger partial charge in [0.1, 0.15) is 5.75 Å². The van der Waals surface area contributed by atoms with E-state index in [4.69, 9.17) is 9.47 Å². The molecular weight excluding hydrogens is 346 g/mol. The van der Waals surface area contributed by atoms with Crippen molar-refractivity contribution in [2.75, 3.05) is 19.5 Å². The minimum absolute atomic E-state index is 0.160. The molecule has 1 amide bonds. The van der Waals surface area contributed by atoms with Gasteiger partial charge in [0.2, 0.25) is 5.91 Å². The predicted octanol–water partition coefficient (Wildman–Crippen LogP) is 3.17. The van der Waals surface area contributed by atoms with E-state index in [1.165, 1.54) is 7.11 Å². The molecule has 7 nitrogen and oxygen atoms in total. The number of amides is 1. The van der Waals surface area contributed by atoms with Crippen LogP contribution in [0.3, 0.4) is 0 Å². The van der Waals surface area contributed by atoms with Crippen LogP contribution in [0.2, 0.25) is 0 Å². The van der Waals surface area contributed by atoms with E-state index in [0.717, 1.165) is 22.2 Å². The molecule has 0 saturated heterocycles. The summed E-state index contributed by atoms with van der Waals surface area (Å²) in [7, 11) is 2.95. The summed E-state index contributed by atoms with van der Waals surface area (Å²) >= 11 is 0. The molecule has 0 aliphatic heterocycles. The summed E-state index contributed by atoms with van der Waals surface area (Å²) in [6, 6.07) is 10.8. The Morgan fingerprint density at radius 1 is 1.15 bits per heavy atom. The first-order chi connectivity index (χ1) is 13.0. The lowest BCUT2D eigenvalue weighted by molar-refractivity contribution is -0.116. The number of anilines is 1. The third-order valence-corrected chi connectivity index (χ3v) is 4.33. The first kappa shape index (κ1) is 18.4. The lowest BCUT2D eigenvalue weighted by atomic mass is 10.1. The average Bonchev–Trinajstić information content (AvgIpc) is 3.09. The molecule has 0 atom stereocenters. The van der Waals surface area contributed by atoms with Crippen molar-refractivity contribution in [3.8, 4) is 5.75 Å². The highest BCUT2D eigenvalue weighted by Crippen LogP contribution is 2.21. The molecule has 1 heterocycles. The van der Waals surface area contributed by atoms with Gasteiger partial charge in [0, 0.05) is 17.5 Å². The largest absolute Gasteiger partial charge is 0.497 e. The highest BCUT2D eigenvalue weighted by atomic mass is 16.5. The number of carbonyl (C=O) groups excluding carboxylic acids is 2. The molecular formula is C20H21N3O4. The second-order valence-electron chi connectivity index (χ2n) is 6.11. The van der Waals surface area contributed by atoms with Crippen LogP contribution in [0.4, 0.5) is 5.69 Å². The number of hydrogen-bond donors (Lipinski definition) is 1. The number of carbonyl (C=O) groups is 2. The minimum Gasteiger partial charge on any atom is -0.497 e. The van der Waals surface area contributed by atoms with Crippen LogP contribution in [0.15, 0.2) is 42.6 Å². The summed E-state index contributed by atoms with van der Waals surface area (Å²) in [5, 5.41) is 8.09. The third-order valence-electron chi connectivity index (χ3n) is 4.33. The van der Waals surface area contributed by atoms with Crippen LogP contribution in [0, 0.1) is 6.92 Å². The Labute approximate surface area is 156 Å². The minimum atomic E-state index is -0.429. The quantitative estimate of drug-likeness (QED) is 0.677. The van der Waals surface area contributed by atoms with Gasteiger partial charge in [-0.05, 0) is 42.8 Å². The first-order valence-corrected chi connectivity index (χ1v) is 8.50. The fraction of sp³-hybridized carbons (Fsp3) is 0.250. The van der Waals surface area contributed by atoms with Crippen molar-refractivity contribution in [2.45, 2.75) is 19.9 Å². The maximum Gasteiger partial charge on any atom is 0.338 e. The van der Waals surface area contributed by atoms with E-state index in [1.54, 1.807) is 36.2 Å². The Balaban J connectivity index is 1.66. The van der Waals surface area contributed by atoms with E-state index < -0.39 is 5.97 Å². The summed E-state index contributed by atoms with van der Waals surface area (Å²) in [5.41, 5.74) is 2.72. The van der Waals surface area contributed by atoms with E-state index in [-0.39, 0.29) is 12.3 Å². The van der Waals surface area contributed by atoms with E-state index in [2.05, 4.69) is 10.4 Å². The standard InChI is InChI=1S/C20H21N3O4/c1-13-4-5-15(11-17(13)20(25)27-3)22-19(24)8-9-23-18-7-6-16(26-2)10-14(18)12-21-23/h4-7,10-12H,8-9H2,1-3H3,(H,22,24). The van der Waals surface area contributed by atoms with Crippen molar-refractivity contribution in [2.24, 2.45) is 0 Å². The summed E-state index contributed by atoms with van der Waals surface area (Å²) in [6.45, 7) is 2.26. The van der Waals surface area contributed by atoms with Crippen molar-refractivity contribution in [1.29, 1.82) is 0 Å². The second kappa shape index (κ2) is 7.90. The highest BCUT2D eigenvalue weighted by molar-refractivity contribution is 5.95. The van der Waals surface area contributed by atoms with Gasteiger partial charge in [-0.1, -0.05) is 6.07 Å². The normalized spacial score (nSPS) is 10.6. The number of nitrogens with zero attached hydrogens (tertiary/aromatic N) is 2. The van der Waals surface area contributed by atoms with E-state index >= 15 is 0 Å². The van der Waals surface area contributed by atoms with Crippen LogP contribution >= 0.6 is 0 Å². The van der Waals surface area contributed by atoms with Gasteiger partial charge >= 0.3 is 5.97 Å². The Hall–Kier alpha value is -3.35. The molecule has 27 heavy (non-hydrogen) atoms. The van der Waals surface area contributed by atoms with Crippen molar-refractivity contribution in [3.63, 3.8) is 0 Å². The number of aromatic nitrogens is 2. The summed E-state index contributed by atoms with van der Waals surface area (Å²) in [6.07, 6.45) is 2.00. The molecule has 0 aliphatic rings. The molecule has 0 fully saturated rings. The number of fused-ring (bicyclic) bond motifs is 1. The van der Waals surface area contributed by atoms with Gasteiger partial charge in [0.05, 0.1) is 38.0 Å². The highest BCUT2D eigenvalue weighted by Gasteiger charge is 2.12. The van der Waals surface area contributed by atoms with Gasteiger partial charge in [0.15, 0.2) is 0 Å². The number of nitrogens with one attached hydrogen (secondary N) is 1. The Morgan fingerprint density at radius 2 is 1.96 bits per heavy atom. The molecule has 2 aromatic carbocycles. The number of benzene rings is 2. The number of ether oxygens (including phenoxy) is 2. The van der Waals surface area contributed by atoms with Gasteiger partial charge in [-0.25, -0.2) is 4.79 Å². The zero-order chi connectivity index (χ0) is 19.4. The molecule has 0 bridgehead atoms. The Morgan fingerprint density at radius 3 is 2.70 bits per heavy atom. The van der Waals surface area contributed by atoms with Crippen molar-refractivity contribution >= 4 is 28.5 Å². The van der Waals surface area contributed by atoms with Crippen LogP contribution in [0.1, 0.15) is 22.3 Å². The van der Waals surface area contributed by atoms with Gasteiger partial charge < -0.3 is 14.8 Å². The van der Waals surface area contributed by atoms with Crippen LogP contribution in [0.5, 0.6) is 5.75 Å². The molecule has 140 valence electrons. The van der Waals surface area contributed by atoms with Crippen LogP contribution < -0.4 is 10.1 Å². The molecule has 3 aromatic rings. The molecule has 0 aliphatic carbocycles. The Bertz CT molecular complexity index is 994. The maximum absolute atomic E-state index is 12.3. The van der Waals surface area contributed by atoms with Gasteiger partial charge in [0.25, 0.3) is 0 Å². The summed E-state index contributed by atoms with van der Waals surface area (Å²) < 4.78 is 11.7. The fourth-order valence-electron chi connectivity index (χ4n) is 2.83. The topological polar surface area (TPSA) is 82.5 Å². The zero-order valence-electron chi connectivity index (χ0n) is 15.5. The smallest absolute Gasteiger partial charge is 0.338 e. The number of rotatable bonds is 6. The lowest BCUT2D eigenvalue weighted by Gasteiger charge is -2.09. The summed E-state index contributed by atoms with van der Waals surface area (Å²) in [4.78, 5) is 24.1. The molecule has 0 radical (unpaired) electrons. The molecule has 3 rings (SSSR count). The molecule has 1 N–H and O–H groups in total. The maximum atomic E-state index is 12.3. The zero-order valence-corrected chi connectivity index (χ0v) is 15.5. The molecule has 7 heteroatoms. The fourth-order valence-corrected chi connectivity index (χ4v) is 2.83. The monoisotopic (exact) mass is 367 g/mol. The van der Waals surface area contributed by atoms with Crippen LogP contribution in [0.25, 0.3) is 10.9 Å². The molecule has 0 spiro atoms. The van der Waals surface area contributed by atoms with Crippen molar-refractivity contribution < 1.29 is 19.1 Å². The molecule has 0 saturated carbocycles. The van der Waals surface area contributed by atoms with Crippen molar-refractivity contribution in [1.82, 2.24) is 9.78 Å². The number of aryl methyl sites for hydroxylation is 2. The average molecular weight is 367 g/mol. The van der Waals surface area contributed by atoms with E-state index in [9.17, 15) is 9.59 Å². The SMILES string of the molecule is COC(=O)c1cc(NC(=O)CCn2ncc3cc(OC)ccc32)ccc1C. The lowest BCUT2D eigenvalue weighted by Crippen LogP contribution is -2.15. The first-order valence-electron chi connectivity index (χ1n) is 8.50. The number of esters is 1. The van der Waals surface area contributed by atoms with Crippen LogP contribution in [-0.2, 0) is 16.1 Å². The van der Waals surface area contributed by atoms with Crippen LogP contribution in [-0.4, -0.2) is 35.9 Å². The van der Waals surface area contributed by atoms with Gasteiger partial charge in [-0.2, -0.15) is 5.10 Å². The second-order valence-corrected chi connectivity index (χ2v) is 6.11. The summed E-state index contributed by atoms with van der Waals surface area (Å²) in [5.74, 6) is 0.175. The van der Waals surface area contributed by atoms with E-state index in [0.29, 0.717) is 17.8 Å². The van der Waals surface area contributed by atoms with E-state index in [1.807, 2.05) is 25.1 Å². The van der Waals surface area contributed by atoms with Crippen molar-refractivity contribution in [3.05, 3.63) is 53.7 Å². The predicted molar refractivity (Wildman–Crippen MR) is 102 cm³/mol.